The van der Waals surface area contributed by atoms with E-state index in [1.54, 1.807) is 0 Å². The molecule has 17 heavy (non-hydrogen) atoms. The Morgan fingerprint density at radius 3 is 2.41 bits per heavy atom. The summed E-state index contributed by atoms with van der Waals surface area (Å²) in [6, 6.07) is 0. The smallest absolute Gasteiger partial charge is 0.0304 e. The first-order valence-corrected chi connectivity index (χ1v) is 7.45. The molecule has 2 heteroatoms. The summed E-state index contributed by atoms with van der Waals surface area (Å²) in [5.74, 6) is 0.967. The van der Waals surface area contributed by atoms with Gasteiger partial charge < -0.3 is 5.32 Å². The van der Waals surface area contributed by atoms with Gasteiger partial charge in [0.15, 0.2) is 0 Å². The molecule has 2 rings (SSSR count). The van der Waals surface area contributed by atoms with Crippen LogP contribution >= 0.6 is 0 Å². The van der Waals surface area contributed by atoms with Gasteiger partial charge in [-0.15, -0.1) is 0 Å². The zero-order valence-corrected chi connectivity index (χ0v) is 12.2. The van der Waals surface area contributed by atoms with E-state index < -0.39 is 0 Å². The van der Waals surface area contributed by atoms with Gasteiger partial charge in [-0.25, -0.2) is 0 Å². The second kappa shape index (κ2) is 4.89. The van der Waals surface area contributed by atoms with E-state index in [2.05, 4.69) is 37.9 Å². The predicted molar refractivity (Wildman–Crippen MR) is 74.3 cm³/mol. The fourth-order valence-electron chi connectivity index (χ4n) is 3.40. The molecule has 2 nitrogen and oxygen atoms in total. The van der Waals surface area contributed by atoms with Gasteiger partial charge in [-0.2, -0.15) is 0 Å². The minimum Gasteiger partial charge on any atom is -0.309 e. The van der Waals surface area contributed by atoms with Crippen LogP contribution in [0.3, 0.4) is 0 Å². The highest BCUT2D eigenvalue weighted by Crippen LogP contribution is 2.32. The maximum atomic E-state index is 3.71. The van der Waals surface area contributed by atoms with Gasteiger partial charge in [0.1, 0.15) is 0 Å². The molecular weight excluding hydrogens is 208 g/mol. The summed E-state index contributed by atoms with van der Waals surface area (Å²) in [6.07, 6.45) is 7.10. The van der Waals surface area contributed by atoms with Crippen LogP contribution in [0.4, 0.5) is 0 Å². The summed E-state index contributed by atoms with van der Waals surface area (Å²) in [5, 5.41) is 3.71. The van der Waals surface area contributed by atoms with Crippen LogP contribution in [-0.2, 0) is 0 Å². The molecule has 100 valence electrons. The lowest BCUT2D eigenvalue weighted by Gasteiger charge is -2.52. The number of rotatable bonds is 3. The van der Waals surface area contributed by atoms with E-state index in [0.717, 1.165) is 12.5 Å². The van der Waals surface area contributed by atoms with Gasteiger partial charge in [0.2, 0.25) is 0 Å². The van der Waals surface area contributed by atoms with Crippen molar-refractivity contribution in [1.29, 1.82) is 0 Å². The third-order valence-corrected chi connectivity index (χ3v) is 5.01. The highest BCUT2D eigenvalue weighted by atomic mass is 15.3. The van der Waals surface area contributed by atoms with E-state index in [9.17, 15) is 0 Å². The molecule has 1 aliphatic heterocycles. The zero-order chi connectivity index (χ0) is 12.5. The Morgan fingerprint density at radius 2 is 1.82 bits per heavy atom. The highest BCUT2D eigenvalue weighted by Gasteiger charge is 2.40. The van der Waals surface area contributed by atoms with Crippen LogP contribution in [0.25, 0.3) is 0 Å². The molecule has 0 aromatic heterocycles. The summed E-state index contributed by atoms with van der Waals surface area (Å²) in [5.41, 5.74) is 0.658. The largest absolute Gasteiger partial charge is 0.309 e. The first-order valence-electron chi connectivity index (χ1n) is 7.45. The lowest BCUT2D eigenvalue weighted by atomic mass is 9.87. The molecule has 0 amide bonds. The SMILES string of the molecule is CCC1(C)CNC(C)(C)CN1CC1CCCC1. The number of hydrogen-bond donors (Lipinski definition) is 1. The van der Waals surface area contributed by atoms with Gasteiger partial charge in [0.05, 0.1) is 0 Å². The molecule has 0 spiro atoms. The molecule has 2 aliphatic rings. The van der Waals surface area contributed by atoms with Gasteiger partial charge >= 0.3 is 0 Å². The Balaban J connectivity index is 2.02. The van der Waals surface area contributed by atoms with Gasteiger partial charge in [0, 0.05) is 30.7 Å². The second-order valence-electron chi connectivity index (χ2n) is 7.12. The molecule has 0 aromatic rings. The predicted octanol–water partition coefficient (Wildman–Crippen LogP) is 3.03. The number of nitrogens with one attached hydrogen (secondary N) is 1. The minimum absolute atomic E-state index is 0.285. The van der Waals surface area contributed by atoms with E-state index in [4.69, 9.17) is 0 Å². The summed E-state index contributed by atoms with van der Waals surface area (Å²) >= 11 is 0. The average Bonchev–Trinajstić information content (AvgIpc) is 2.76. The quantitative estimate of drug-likeness (QED) is 0.813. The summed E-state index contributed by atoms with van der Waals surface area (Å²) in [6.45, 7) is 13.1. The lowest BCUT2D eigenvalue weighted by Crippen LogP contribution is -2.67. The molecule has 1 saturated heterocycles. The number of nitrogens with zero attached hydrogens (tertiary/aromatic N) is 1. The van der Waals surface area contributed by atoms with E-state index in [-0.39, 0.29) is 5.54 Å². The van der Waals surface area contributed by atoms with Crippen molar-refractivity contribution in [3.8, 4) is 0 Å². The van der Waals surface area contributed by atoms with E-state index in [1.807, 2.05) is 0 Å². The normalized spacial score (nSPS) is 35.3. The van der Waals surface area contributed by atoms with Crippen molar-refractivity contribution in [2.75, 3.05) is 19.6 Å². The molecule has 1 saturated carbocycles. The van der Waals surface area contributed by atoms with Crippen molar-refractivity contribution < 1.29 is 0 Å². The maximum absolute atomic E-state index is 3.71. The summed E-state index contributed by atoms with van der Waals surface area (Å²) in [4.78, 5) is 2.78. The Hall–Kier alpha value is -0.0800. The number of hydrogen-bond acceptors (Lipinski definition) is 2. The molecule has 1 atom stereocenters. The Labute approximate surface area is 107 Å². The molecule has 0 aromatic carbocycles. The molecule has 0 bridgehead atoms. The van der Waals surface area contributed by atoms with Crippen LogP contribution in [0.15, 0.2) is 0 Å². The fourth-order valence-corrected chi connectivity index (χ4v) is 3.40. The average molecular weight is 238 g/mol. The zero-order valence-electron chi connectivity index (χ0n) is 12.2. The van der Waals surface area contributed by atoms with Crippen LogP contribution in [0.2, 0.25) is 0 Å². The molecule has 1 heterocycles. The third-order valence-electron chi connectivity index (χ3n) is 5.01. The Kier molecular flexibility index (Phi) is 3.84. The fraction of sp³-hybridized carbons (Fsp3) is 1.00. The second-order valence-corrected chi connectivity index (χ2v) is 7.12. The molecule has 1 aliphatic carbocycles. The summed E-state index contributed by atoms with van der Waals surface area (Å²) in [7, 11) is 0. The Morgan fingerprint density at radius 1 is 1.18 bits per heavy atom. The van der Waals surface area contributed by atoms with E-state index >= 15 is 0 Å². The topological polar surface area (TPSA) is 15.3 Å². The molecule has 1 unspecified atom stereocenters. The molecule has 1 N–H and O–H groups in total. The first-order chi connectivity index (χ1) is 7.95. The van der Waals surface area contributed by atoms with Gasteiger partial charge in [-0.1, -0.05) is 19.8 Å². The lowest BCUT2D eigenvalue weighted by molar-refractivity contribution is 0.0127. The molecule has 2 fully saturated rings. The van der Waals surface area contributed by atoms with Crippen LogP contribution in [0, 0.1) is 5.92 Å². The standard InChI is InChI=1S/C15H30N2/c1-5-15(4)11-16-14(2,3)12-17(15)10-13-8-6-7-9-13/h13,16H,5-12H2,1-4H3. The van der Waals surface area contributed by atoms with Crippen LogP contribution in [-0.4, -0.2) is 35.6 Å². The van der Waals surface area contributed by atoms with Crippen LogP contribution in [0.1, 0.15) is 59.8 Å². The van der Waals surface area contributed by atoms with Crippen molar-refractivity contribution in [2.45, 2.75) is 70.9 Å². The van der Waals surface area contributed by atoms with Gasteiger partial charge in [-0.05, 0) is 46.0 Å². The first kappa shape index (κ1) is 13.4. The monoisotopic (exact) mass is 238 g/mol. The third kappa shape index (κ3) is 3.03. The number of piperazine rings is 1. The van der Waals surface area contributed by atoms with Crippen molar-refractivity contribution in [2.24, 2.45) is 5.92 Å². The van der Waals surface area contributed by atoms with Gasteiger partial charge in [0.25, 0.3) is 0 Å². The van der Waals surface area contributed by atoms with Crippen LogP contribution in [0.5, 0.6) is 0 Å². The van der Waals surface area contributed by atoms with E-state index in [1.165, 1.54) is 45.2 Å². The minimum atomic E-state index is 0.285. The van der Waals surface area contributed by atoms with E-state index in [0.29, 0.717) is 5.54 Å². The Bertz CT molecular complexity index is 256. The van der Waals surface area contributed by atoms with Crippen molar-refractivity contribution >= 4 is 0 Å². The maximum Gasteiger partial charge on any atom is 0.0304 e. The van der Waals surface area contributed by atoms with Crippen LogP contribution < -0.4 is 5.32 Å². The van der Waals surface area contributed by atoms with Gasteiger partial charge in [-0.3, -0.25) is 4.90 Å². The van der Waals surface area contributed by atoms with Crippen molar-refractivity contribution in [3.05, 3.63) is 0 Å². The van der Waals surface area contributed by atoms with Crippen molar-refractivity contribution in [3.63, 3.8) is 0 Å². The summed E-state index contributed by atoms with van der Waals surface area (Å²) < 4.78 is 0. The van der Waals surface area contributed by atoms with Crippen molar-refractivity contribution in [1.82, 2.24) is 10.2 Å². The molecular formula is C15H30N2. The molecule has 0 radical (unpaired) electrons. The highest BCUT2D eigenvalue weighted by molar-refractivity contribution is 4.99.